The Hall–Kier alpha value is -1.09. The lowest BCUT2D eigenvalue weighted by Crippen LogP contribution is -2.38. The summed E-state index contributed by atoms with van der Waals surface area (Å²) >= 11 is 0. The zero-order valence-electron chi connectivity index (χ0n) is 9.32. The van der Waals surface area contributed by atoms with E-state index in [4.69, 9.17) is 5.73 Å². The third-order valence-electron chi connectivity index (χ3n) is 3.70. The molecule has 2 N–H and O–H groups in total. The number of nitrogens with two attached hydrogens (primary N) is 1. The van der Waals surface area contributed by atoms with E-state index in [0.29, 0.717) is 5.92 Å². The molecule has 1 aromatic rings. The molecular weight excluding hydrogens is 203 g/mol. The number of anilines is 1. The Bertz CT molecular complexity index is 401. The van der Waals surface area contributed by atoms with Crippen LogP contribution in [-0.4, -0.2) is 19.1 Å². The standard InChI is InChI=1S/C13H17FN2/c14-11-4-3-10-5-6-16(13(10)7-11)8-12(15)9-1-2-9/h3-4,7,9,12H,1-2,5-6,8,15H2. The van der Waals surface area contributed by atoms with Crippen LogP contribution in [0.5, 0.6) is 0 Å². The van der Waals surface area contributed by atoms with Crippen LogP contribution >= 0.6 is 0 Å². The van der Waals surface area contributed by atoms with Crippen LogP contribution in [0.2, 0.25) is 0 Å². The van der Waals surface area contributed by atoms with Crippen molar-refractivity contribution < 1.29 is 4.39 Å². The number of benzene rings is 1. The van der Waals surface area contributed by atoms with E-state index in [1.165, 1.54) is 18.4 Å². The molecule has 1 fully saturated rings. The predicted octanol–water partition coefficient (Wildman–Crippen LogP) is 1.93. The second-order valence-electron chi connectivity index (χ2n) is 4.97. The van der Waals surface area contributed by atoms with Crippen molar-refractivity contribution in [2.75, 3.05) is 18.0 Å². The van der Waals surface area contributed by atoms with E-state index in [2.05, 4.69) is 4.90 Å². The van der Waals surface area contributed by atoms with Crippen LogP contribution in [-0.2, 0) is 6.42 Å². The lowest BCUT2D eigenvalue weighted by atomic mass is 10.1. The summed E-state index contributed by atoms with van der Waals surface area (Å²) in [5.74, 6) is 0.559. The van der Waals surface area contributed by atoms with Gasteiger partial charge in [0.05, 0.1) is 0 Å². The Balaban J connectivity index is 1.76. The Morgan fingerprint density at radius 1 is 1.44 bits per heavy atom. The molecule has 16 heavy (non-hydrogen) atoms. The maximum atomic E-state index is 13.2. The third kappa shape index (κ3) is 1.80. The molecule has 0 amide bonds. The summed E-state index contributed by atoms with van der Waals surface area (Å²) in [6, 6.07) is 5.34. The molecule has 1 aliphatic heterocycles. The average Bonchev–Trinajstić information content (AvgIpc) is 3.04. The predicted molar refractivity (Wildman–Crippen MR) is 63.0 cm³/mol. The summed E-state index contributed by atoms with van der Waals surface area (Å²) in [6.45, 7) is 1.86. The van der Waals surface area contributed by atoms with Crippen molar-refractivity contribution in [1.82, 2.24) is 0 Å². The first kappa shape index (κ1) is 10.1. The van der Waals surface area contributed by atoms with Gasteiger partial charge in [0.15, 0.2) is 0 Å². The van der Waals surface area contributed by atoms with Crippen LogP contribution in [0.3, 0.4) is 0 Å². The van der Waals surface area contributed by atoms with Crippen molar-refractivity contribution in [2.24, 2.45) is 11.7 Å². The Kier molecular flexibility index (Phi) is 2.36. The summed E-state index contributed by atoms with van der Waals surface area (Å²) in [5.41, 5.74) is 8.42. The highest BCUT2D eigenvalue weighted by atomic mass is 19.1. The maximum Gasteiger partial charge on any atom is 0.125 e. The topological polar surface area (TPSA) is 29.3 Å². The minimum Gasteiger partial charge on any atom is -0.369 e. The number of halogens is 1. The van der Waals surface area contributed by atoms with E-state index in [1.54, 1.807) is 12.1 Å². The fourth-order valence-corrected chi connectivity index (χ4v) is 2.54. The van der Waals surface area contributed by atoms with E-state index in [-0.39, 0.29) is 11.9 Å². The lowest BCUT2D eigenvalue weighted by molar-refractivity contribution is 0.578. The third-order valence-corrected chi connectivity index (χ3v) is 3.70. The SMILES string of the molecule is NC(CN1CCc2ccc(F)cc21)C1CC1. The van der Waals surface area contributed by atoms with Gasteiger partial charge in [0.2, 0.25) is 0 Å². The molecule has 86 valence electrons. The number of rotatable bonds is 3. The van der Waals surface area contributed by atoms with Crippen molar-refractivity contribution in [3.8, 4) is 0 Å². The van der Waals surface area contributed by atoms with E-state index in [9.17, 15) is 4.39 Å². The Labute approximate surface area is 95.2 Å². The van der Waals surface area contributed by atoms with Gasteiger partial charge in [0.1, 0.15) is 5.82 Å². The lowest BCUT2D eigenvalue weighted by Gasteiger charge is -2.23. The second kappa shape index (κ2) is 3.74. The minimum atomic E-state index is -0.148. The molecule has 1 aromatic carbocycles. The van der Waals surface area contributed by atoms with Crippen LogP contribution in [0.4, 0.5) is 10.1 Å². The van der Waals surface area contributed by atoms with Gasteiger partial charge in [-0.2, -0.15) is 0 Å². The largest absolute Gasteiger partial charge is 0.369 e. The zero-order chi connectivity index (χ0) is 11.1. The number of fused-ring (bicyclic) bond motifs is 1. The number of hydrogen-bond donors (Lipinski definition) is 1. The smallest absolute Gasteiger partial charge is 0.125 e. The van der Waals surface area contributed by atoms with Crippen LogP contribution in [0.1, 0.15) is 18.4 Å². The van der Waals surface area contributed by atoms with Gasteiger partial charge in [-0.15, -0.1) is 0 Å². The molecule has 1 aliphatic carbocycles. The summed E-state index contributed by atoms with van der Waals surface area (Å²) in [7, 11) is 0. The highest BCUT2D eigenvalue weighted by molar-refractivity contribution is 5.58. The molecule has 3 heteroatoms. The van der Waals surface area contributed by atoms with Gasteiger partial charge in [0, 0.05) is 24.8 Å². The fraction of sp³-hybridized carbons (Fsp3) is 0.538. The molecule has 1 atom stereocenters. The van der Waals surface area contributed by atoms with E-state index >= 15 is 0 Å². The molecule has 1 saturated carbocycles. The normalized spacial score (nSPS) is 21.0. The Morgan fingerprint density at radius 3 is 3.00 bits per heavy atom. The molecule has 0 aromatic heterocycles. The summed E-state index contributed by atoms with van der Waals surface area (Å²) in [4.78, 5) is 2.24. The molecule has 0 spiro atoms. The van der Waals surface area contributed by atoms with Crippen LogP contribution in [0.15, 0.2) is 18.2 Å². The van der Waals surface area contributed by atoms with E-state index < -0.39 is 0 Å². The summed E-state index contributed by atoms with van der Waals surface area (Å²) < 4.78 is 13.2. The van der Waals surface area contributed by atoms with E-state index in [1.807, 2.05) is 6.07 Å². The highest BCUT2D eigenvalue weighted by Crippen LogP contribution is 2.34. The van der Waals surface area contributed by atoms with E-state index in [0.717, 1.165) is 25.2 Å². The van der Waals surface area contributed by atoms with Crippen LogP contribution in [0, 0.1) is 11.7 Å². The fourth-order valence-electron chi connectivity index (χ4n) is 2.54. The maximum absolute atomic E-state index is 13.2. The van der Waals surface area contributed by atoms with Crippen LogP contribution in [0.25, 0.3) is 0 Å². The molecule has 0 saturated heterocycles. The first-order valence-corrected chi connectivity index (χ1v) is 6.03. The van der Waals surface area contributed by atoms with Crippen molar-refractivity contribution in [2.45, 2.75) is 25.3 Å². The quantitative estimate of drug-likeness (QED) is 0.843. The molecule has 1 heterocycles. The highest BCUT2D eigenvalue weighted by Gasteiger charge is 2.31. The first-order valence-electron chi connectivity index (χ1n) is 6.03. The number of hydrogen-bond acceptors (Lipinski definition) is 2. The number of nitrogens with zero attached hydrogens (tertiary/aromatic N) is 1. The van der Waals surface area contributed by atoms with Gasteiger partial charge in [-0.25, -0.2) is 4.39 Å². The molecular formula is C13H17FN2. The van der Waals surface area contributed by atoms with Gasteiger partial charge < -0.3 is 10.6 Å². The van der Waals surface area contributed by atoms with Crippen molar-refractivity contribution in [3.63, 3.8) is 0 Å². The van der Waals surface area contributed by atoms with Crippen molar-refractivity contribution in [3.05, 3.63) is 29.6 Å². The van der Waals surface area contributed by atoms with Crippen LogP contribution < -0.4 is 10.6 Å². The van der Waals surface area contributed by atoms with Crippen molar-refractivity contribution in [1.29, 1.82) is 0 Å². The molecule has 1 unspecified atom stereocenters. The summed E-state index contributed by atoms with van der Waals surface area (Å²) in [6.07, 6.45) is 3.56. The molecule has 2 aliphatic rings. The summed E-state index contributed by atoms with van der Waals surface area (Å²) in [5, 5.41) is 0. The minimum absolute atomic E-state index is 0.148. The van der Waals surface area contributed by atoms with Gasteiger partial charge in [-0.3, -0.25) is 0 Å². The van der Waals surface area contributed by atoms with Gasteiger partial charge >= 0.3 is 0 Å². The zero-order valence-corrected chi connectivity index (χ0v) is 9.32. The molecule has 2 nitrogen and oxygen atoms in total. The van der Waals surface area contributed by atoms with Gasteiger partial charge in [0.25, 0.3) is 0 Å². The van der Waals surface area contributed by atoms with Gasteiger partial charge in [-0.05, 0) is 42.9 Å². The van der Waals surface area contributed by atoms with Crippen molar-refractivity contribution >= 4 is 5.69 Å². The van der Waals surface area contributed by atoms with Gasteiger partial charge in [-0.1, -0.05) is 6.07 Å². The molecule has 0 bridgehead atoms. The Morgan fingerprint density at radius 2 is 2.25 bits per heavy atom. The second-order valence-corrected chi connectivity index (χ2v) is 4.97. The first-order chi connectivity index (χ1) is 7.74. The average molecular weight is 220 g/mol. The monoisotopic (exact) mass is 220 g/mol. The molecule has 3 rings (SSSR count). The molecule has 0 radical (unpaired) electrons.